The van der Waals surface area contributed by atoms with Crippen LogP contribution in [0.2, 0.25) is 0 Å². The smallest absolute Gasteiger partial charge is 0.118 e. The fourth-order valence-electron chi connectivity index (χ4n) is 2.38. The maximum Gasteiger partial charge on any atom is 0.118 e. The van der Waals surface area contributed by atoms with Crippen molar-refractivity contribution in [1.29, 1.82) is 0 Å². The van der Waals surface area contributed by atoms with Crippen molar-refractivity contribution in [2.75, 3.05) is 7.11 Å². The number of aromatic nitrogens is 1. The van der Waals surface area contributed by atoms with Gasteiger partial charge in [-0.05, 0) is 60.5 Å². The number of benzene rings is 2. The fraction of sp³-hybridized carbons (Fsp3) is 0.111. The van der Waals surface area contributed by atoms with E-state index in [1.165, 1.54) is 22.5 Å². The molecule has 100 valence electrons. The Morgan fingerprint density at radius 2 is 1.60 bits per heavy atom. The second-order valence-corrected chi connectivity index (χ2v) is 4.84. The van der Waals surface area contributed by atoms with Gasteiger partial charge in [-0.1, -0.05) is 18.2 Å². The van der Waals surface area contributed by atoms with Crippen LogP contribution in [-0.4, -0.2) is 11.7 Å². The van der Waals surface area contributed by atoms with Gasteiger partial charge in [-0.3, -0.25) is 0 Å². The van der Waals surface area contributed by atoms with Gasteiger partial charge in [0.15, 0.2) is 0 Å². The molecular formula is C18H17NO. The number of aryl methyl sites for hydroxylation is 1. The molecule has 0 aliphatic heterocycles. The molecule has 20 heavy (non-hydrogen) atoms. The van der Waals surface area contributed by atoms with E-state index in [0.29, 0.717) is 0 Å². The molecule has 2 aromatic carbocycles. The van der Waals surface area contributed by atoms with E-state index in [4.69, 9.17) is 4.74 Å². The standard InChI is InChI=1S/C18H17NO/c1-14-12-18(15-8-10-17(20-2)11-9-15)19(13-14)16-6-4-3-5-7-16/h3-13H,1-2H3. The molecule has 2 nitrogen and oxygen atoms in total. The Hall–Kier alpha value is -2.48. The van der Waals surface area contributed by atoms with Crippen LogP contribution < -0.4 is 4.74 Å². The van der Waals surface area contributed by atoms with Crippen LogP contribution in [0.1, 0.15) is 5.56 Å². The molecule has 0 fully saturated rings. The van der Waals surface area contributed by atoms with E-state index in [0.717, 1.165) is 5.75 Å². The summed E-state index contributed by atoms with van der Waals surface area (Å²) in [6.45, 7) is 2.12. The topological polar surface area (TPSA) is 14.2 Å². The van der Waals surface area contributed by atoms with Gasteiger partial charge >= 0.3 is 0 Å². The third kappa shape index (κ3) is 2.32. The summed E-state index contributed by atoms with van der Waals surface area (Å²) in [4.78, 5) is 0. The van der Waals surface area contributed by atoms with Gasteiger partial charge in [0, 0.05) is 11.9 Å². The Morgan fingerprint density at radius 1 is 0.900 bits per heavy atom. The van der Waals surface area contributed by atoms with Gasteiger partial charge < -0.3 is 9.30 Å². The summed E-state index contributed by atoms with van der Waals surface area (Å²) in [7, 11) is 1.69. The van der Waals surface area contributed by atoms with Crippen LogP contribution in [0.4, 0.5) is 0 Å². The van der Waals surface area contributed by atoms with Gasteiger partial charge in [0.2, 0.25) is 0 Å². The Balaban J connectivity index is 2.09. The number of hydrogen-bond donors (Lipinski definition) is 0. The summed E-state index contributed by atoms with van der Waals surface area (Å²) < 4.78 is 7.44. The van der Waals surface area contributed by atoms with Crippen LogP contribution in [-0.2, 0) is 0 Å². The van der Waals surface area contributed by atoms with Gasteiger partial charge in [-0.25, -0.2) is 0 Å². The van der Waals surface area contributed by atoms with E-state index in [9.17, 15) is 0 Å². The van der Waals surface area contributed by atoms with Gasteiger partial charge in [0.05, 0.1) is 12.8 Å². The Kier molecular flexibility index (Phi) is 3.30. The van der Waals surface area contributed by atoms with E-state index < -0.39 is 0 Å². The largest absolute Gasteiger partial charge is 0.497 e. The average molecular weight is 263 g/mol. The molecule has 0 aliphatic rings. The number of hydrogen-bond acceptors (Lipinski definition) is 1. The van der Waals surface area contributed by atoms with E-state index in [1.807, 2.05) is 18.2 Å². The predicted octanol–water partition coefficient (Wildman–Crippen LogP) is 4.46. The Labute approximate surface area is 119 Å². The number of methoxy groups -OCH3 is 1. The van der Waals surface area contributed by atoms with E-state index in [-0.39, 0.29) is 0 Å². The molecule has 0 saturated heterocycles. The van der Waals surface area contributed by atoms with E-state index in [2.05, 4.69) is 60.2 Å². The first kappa shape index (κ1) is 12.5. The maximum atomic E-state index is 5.22. The van der Waals surface area contributed by atoms with Gasteiger partial charge in [-0.15, -0.1) is 0 Å². The van der Waals surface area contributed by atoms with Crippen LogP contribution >= 0.6 is 0 Å². The zero-order valence-corrected chi connectivity index (χ0v) is 11.7. The van der Waals surface area contributed by atoms with Crippen LogP contribution in [0.15, 0.2) is 66.9 Å². The fourth-order valence-corrected chi connectivity index (χ4v) is 2.38. The second-order valence-electron chi connectivity index (χ2n) is 4.84. The first-order valence-corrected chi connectivity index (χ1v) is 6.67. The summed E-state index contributed by atoms with van der Waals surface area (Å²) in [6.07, 6.45) is 2.16. The SMILES string of the molecule is COc1ccc(-c2cc(C)cn2-c2ccccc2)cc1. The lowest BCUT2D eigenvalue weighted by molar-refractivity contribution is 0.415. The minimum Gasteiger partial charge on any atom is -0.497 e. The van der Waals surface area contributed by atoms with Gasteiger partial charge in [0.1, 0.15) is 5.75 Å². The molecule has 0 saturated carbocycles. The highest BCUT2D eigenvalue weighted by Crippen LogP contribution is 2.27. The van der Waals surface area contributed by atoms with Crippen LogP contribution in [0.25, 0.3) is 16.9 Å². The monoisotopic (exact) mass is 263 g/mol. The first-order chi connectivity index (χ1) is 9.78. The molecule has 0 spiro atoms. The molecule has 0 unspecified atom stereocenters. The van der Waals surface area contributed by atoms with Crippen molar-refractivity contribution in [3.8, 4) is 22.7 Å². The van der Waals surface area contributed by atoms with Crippen LogP contribution in [0, 0.1) is 6.92 Å². The second kappa shape index (κ2) is 5.25. The molecule has 3 aromatic rings. The highest BCUT2D eigenvalue weighted by molar-refractivity contribution is 5.65. The lowest BCUT2D eigenvalue weighted by Gasteiger charge is -2.10. The molecule has 0 bridgehead atoms. The molecule has 0 atom stereocenters. The third-order valence-corrected chi connectivity index (χ3v) is 3.38. The highest BCUT2D eigenvalue weighted by Gasteiger charge is 2.08. The van der Waals surface area contributed by atoms with Crippen LogP contribution in [0.5, 0.6) is 5.75 Å². The number of rotatable bonds is 3. The van der Waals surface area contributed by atoms with E-state index in [1.54, 1.807) is 7.11 Å². The summed E-state index contributed by atoms with van der Waals surface area (Å²) in [5, 5.41) is 0. The lowest BCUT2D eigenvalue weighted by atomic mass is 10.1. The minimum absolute atomic E-state index is 0.878. The lowest BCUT2D eigenvalue weighted by Crippen LogP contribution is -1.94. The molecule has 0 amide bonds. The average Bonchev–Trinajstić information content (AvgIpc) is 2.90. The van der Waals surface area contributed by atoms with Crippen molar-refractivity contribution in [3.05, 3.63) is 72.4 Å². The third-order valence-electron chi connectivity index (χ3n) is 3.38. The number of para-hydroxylation sites is 1. The molecule has 0 radical (unpaired) electrons. The molecule has 2 heteroatoms. The molecule has 0 N–H and O–H groups in total. The number of ether oxygens (including phenoxy) is 1. The molecule has 1 heterocycles. The highest BCUT2D eigenvalue weighted by atomic mass is 16.5. The first-order valence-electron chi connectivity index (χ1n) is 6.67. The van der Waals surface area contributed by atoms with Crippen molar-refractivity contribution in [2.45, 2.75) is 6.92 Å². The summed E-state index contributed by atoms with van der Waals surface area (Å²) in [5.74, 6) is 0.878. The van der Waals surface area contributed by atoms with Crippen LogP contribution in [0.3, 0.4) is 0 Å². The van der Waals surface area contributed by atoms with Crippen molar-refractivity contribution in [3.63, 3.8) is 0 Å². The zero-order valence-electron chi connectivity index (χ0n) is 11.7. The summed E-state index contributed by atoms with van der Waals surface area (Å²) in [5.41, 5.74) is 4.80. The summed E-state index contributed by atoms with van der Waals surface area (Å²) >= 11 is 0. The normalized spacial score (nSPS) is 10.5. The maximum absolute atomic E-state index is 5.22. The van der Waals surface area contributed by atoms with Crippen molar-refractivity contribution < 1.29 is 4.74 Å². The van der Waals surface area contributed by atoms with Crippen molar-refractivity contribution in [1.82, 2.24) is 4.57 Å². The molecular weight excluding hydrogens is 246 g/mol. The van der Waals surface area contributed by atoms with Gasteiger partial charge in [0.25, 0.3) is 0 Å². The van der Waals surface area contributed by atoms with Crippen molar-refractivity contribution >= 4 is 0 Å². The Morgan fingerprint density at radius 3 is 2.25 bits per heavy atom. The number of nitrogens with zero attached hydrogens (tertiary/aromatic N) is 1. The molecule has 1 aromatic heterocycles. The zero-order chi connectivity index (χ0) is 13.9. The van der Waals surface area contributed by atoms with Crippen molar-refractivity contribution in [2.24, 2.45) is 0 Å². The molecule has 0 aliphatic carbocycles. The molecule has 3 rings (SSSR count). The predicted molar refractivity (Wildman–Crippen MR) is 82.5 cm³/mol. The Bertz CT molecular complexity index is 696. The summed E-state index contributed by atoms with van der Waals surface area (Å²) in [6, 6.07) is 20.8. The van der Waals surface area contributed by atoms with Gasteiger partial charge in [-0.2, -0.15) is 0 Å². The quantitative estimate of drug-likeness (QED) is 0.680. The minimum atomic E-state index is 0.878. The van der Waals surface area contributed by atoms with E-state index >= 15 is 0 Å².